The topological polar surface area (TPSA) is 35.5 Å². The molecule has 0 fully saturated rings. The van der Waals surface area contributed by atoms with Crippen LogP contribution in [0.5, 0.6) is 5.75 Å². The van der Waals surface area contributed by atoms with E-state index in [0.717, 1.165) is 68.9 Å². The molecule has 0 N–H and O–H groups in total. The number of hydrogen-bond donors (Lipinski definition) is 0. The van der Waals surface area contributed by atoms with Crippen molar-refractivity contribution in [1.82, 2.24) is 0 Å². The van der Waals surface area contributed by atoms with Gasteiger partial charge in [-0.15, -0.1) is 0 Å². The summed E-state index contributed by atoms with van der Waals surface area (Å²) in [6.07, 6.45) is 11.0. The fourth-order valence-electron chi connectivity index (χ4n) is 3.89. The number of aryl methyl sites for hydroxylation is 1. The Morgan fingerprint density at radius 2 is 1.48 bits per heavy atom. The fourth-order valence-corrected chi connectivity index (χ4v) is 3.89. The monoisotopic (exact) mass is 424 g/mol. The lowest BCUT2D eigenvalue weighted by molar-refractivity contribution is 0.0525. The van der Waals surface area contributed by atoms with E-state index in [1.165, 1.54) is 18.4 Å². The first-order valence-electron chi connectivity index (χ1n) is 12.2. The minimum atomic E-state index is -0.602. The van der Waals surface area contributed by atoms with Crippen molar-refractivity contribution in [3.63, 3.8) is 0 Å². The third kappa shape index (κ3) is 8.77. The lowest BCUT2D eigenvalue weighted by atomic mass is 9.97. The quantitative estimate of drug-likeness (QED) is 0.173. The minimum absolute atomic E-state index is 0.270. The standard InChI is InChI=1S/C28H40O3/c1-4-7-10-14-21-26(24-17-12-11-13-18-24)30-28(29)31-27-22-15-19-23(16-8-5-2)25(27)20-9-6-3/h11-13,15,17-19,22,26H,4-10,14,16,20-21H2,1-3H3. The Kier molecular flexibility index (Phi) is 11.8. The van der Waals surface area contributed by atoms with Gasteiger partial charge in [0.05, 0.1) is 0 Å². The van der Waals surface area contributed by atoms with Crippen LogP contribution in [0.4, 0.5) is 4.79 Å². The highest BCUT2D eigenvalue weighted by atomic mass is 16.7. The van der Waals surface area contributed by atoms with Gasteiger partial charge in [-0.25, -0.2) is 4.79 Å². The SMILES string of the molecule is CCCCCCC(OC(=O)Oc1cccc(CCCC)c1CCCC)c1ccccc1. The van der Waals surface area contributed by atoms with Crippen LogP contribution in [-0.2, 0) is 17.6 Å². The Morgan fingerprint density at radius 3 is 2.19 bits per heavy atom. The van der Waals surface area contributed by atoms with Crippen molar-refractivity contribution in [2.75, 3.05) is 0 Å². The third-order valence-corrected chi connectivity index (χ3v) is 5.73. The van der Waals surface area contributed by atoms with Gasteiger partial charge in [-0.1, -0.05) is 95.3 Å². The van der Waals surface area contributed by atoms with Gasteiger partial charge in [0.2, 0.25) is 0 Å². The number of benzene rings is 2. The predicted molar refractivity (Wildman–Crippen MR) is 129 cm³/mol. The number of hydrogen-bond acceptors (Lipinski definition) is 3. The number of ether oxygens (including phenoxy) is 2. The summed E-state index contributed by atoms with van der Waals surface area (Å²) < 4.78 is 11.6. The summed E-state index contributed by atoms with van der Waals surface area (Å²) in [5, 5.41) is 0. The van der Waals surface area contributed by atoms with E-state index in [1.807, 2.05) is 42.5 Å². The smallest absolute Gasteiger partial charge is 0.426 e. The van der Waals surface area contributed by atoms with Crippen molar-refractivity contribution in [3.8, 4) is 5.75 Å². The molecule has 2 aromatic carbocycles. The molecule has 0 aliphatic rings. The molecule has 0 spiro atoms. The Morgan fingerprint density at radius 1 is 0.774 bits per heavy atom. The summed E-state index contributed by atoms with van der Waals surface area (Å²) in [6.45, 7) is 6.59. The number of carbonyl (C=O) groups is 1. The van der Waals surface area contributed by atoms with Gasteiger partial charge in [0.25, 0.3) is 0 Å². The molecule has 0 aliphatic carbocycles. The van der Waals surface area contributed by atoms with E-state index < -0.39 is 6.16 Å². The molecule has 0 saturated carbocycles. The normalized spacial score (nSPS) is 11.8. The molecule has 0 aromatic heterocycles. The summed E-state index contributed by atoms with van der Waals surface area (Å²) in [6, 6.07) is 16.1. The van der Waals surface area contributed by atoms with Crippen LogP contribution in [0.3, 0.4) is 0 Å². The van der Waals surface area contributed by atoms with Gasteiger partial charge in [-0.3, -0.25) is 0 Å². The summed E-state index contributed by atoms with van der Waals surface area (Å²) in [7, 11) is 0. The molecule has 2 rings (SSSR count). The van der Waals surface area contributed by atoms with Crippen LogP contribution in [0.2, 0.25) is 0 Å². The highest BCUT2D eigenvalue weighted by Gasteiger charge is 2.20. The molecule has 0 heterocycles. The number of rotatable bonds is 14. The highest BCUT2D eigenvalue weighted by molar-refractivity contribution is 5.65. The first-order valence-corrected chi connectivity index (χ1v) is 12.2. The molecule has 1 unspecified atom stereocenters. The largest absolute Gasteiger partial charge is 0.514 e. The molecule has 0 amide bonds. The summed E-state index contributed by atoms with van der Waals surface area (Å²) in [4.78, 5) is 12.8. The molecule has 0 radical (unpaired) electrons. The van der Waals surface area contributed by atoms with Crippen molar-refractivity contribution < 1.29 is 14.3 Å². The zero-order valence-electron chi connectivity index (χ0n) is 19.7. The van der Waals surface area contributed by atoms with Crippen molar-refractivity contribution >= 4 is 6.16 Å². The molecule has 31 heavy (non-hydrogen) atoms. The summed E-state index contributed by atoms with van der Waals surface area (Å²) in [5.74, 6) is 0.657. The van der Waals surface area contributed by atoms with Crippen molar-refractivity contribution in [2.24, 2.45) is 0 Å². The summed E-state index contributed by atoms with van der Waals surface area (Å²) >= 11 is 0. The zero-order chi connectivity index (χ0) is 22.3. The van der Waals surface area contributed by atoms with Crippen LogP contribution in [0.15, 0.2) is 48.5 Å². The molecule has 3 heteroatoms. The van der Waals surface area contributed by atoms with Gasteiger partial charge in [-0.2, -0.15) is 0 Å². The molecule has 0 bridgehead atoms. The number of carbonyl (C=O) groups excluding carboxylic acids is 1. The van der Waals surface area contributed by atoms with Crippen LogP contribution in [0.25, 0.3) is 0 Å². The summed E-state index contributed by atoms with van der Waals surface area (Å²) in [5.41, 5.74) is 3.48. The maximum atomic E-state index is 12.8. The van der Waals surface area contributed by atoms with E-state index in [2.05, 4.69) is 26.8 Å². The maximum absolute atomic E-state index is 12.8. The molecule has 0 aliphatic heterocycles. The first-order chi connectivity index (χ1) is 15.2. The van der Waals surface area contributed by atoms with E-state index in [0.29, 0.717) is 5.75 Å². The van der Waals surface area contributed by atoms with Crippen molar-refractivity contribution in [1.29, 1.82) is 0 Å². The zero-order valence-corrected chi connectivity index (χ0v) is 19.7. The average Bonchev–Trinajstić information content (AvgIpc) is 2.79. The first kappa shape index (κ1) is 25.0. The van der Waals surface area contributed by atoms with Gasteiger partial charge in [0.15, 0.2) is 0 Å². The van der Waals surface area contributed by atoms with Gasteiger partial charge >= 0.3 is 6.16 Å². The molecule has 0 saturated heterocycles. The second-order valence-electron chi connectivity index (χ2n) is 8.32. The second-order valence-corrected chi connectivity index (χ2v) is 8.32. The second kappa shape index (κ2) is 14.7. The van der Waals surface area contributed by atoms with Crippen LogP contribution in [0.1, 0.15) is 101 Å². The third-order valence-electron chi connectivity index (χ3n) is 5.73. The molecule has 170 valence electrons. The molecular weight excluding hydrogens is 384 g/mol. The van der Waals surface area contributed by atoms with E-state index in [4.69, 9.17) is 9.47 Å². The van der Waals surface area contributed by atoms with Crippen LogP contribution in [-0.4, -0.2) is 6.16 Å². The minimum Gasteiger partial charge on any atom is -0.426 e. The lowest BCUT2D eigenvalue weighted by Crippen LogP contribution is -2.16. The van der Waals surface area contributed by atoms with Gasteiger partial charge in [-0.05, 0) is 61.3 Å². The molecule has 1 atom stereocenters. The van der Waals surface area contributed by atoms with Gasteiger partial charge < -0.3 is 9.47 Å². The highest BCUT2D eigenvalue weighted by Crippen LogP contribution is 2.29. The lowest BCUT2D eigenvalue weighted by Gasteiger charge is -2.19. The van der Waals surface area contributed by atoms with E-state index in [-0.39, 0.29) is 6.10 Å². The van der Waals surface area contributed by atoms with Crippen LogP contribution >= 0.6 is 0 Å². The molecule has 3 nitrogen and oxygen atoms in total. The van der Waals surface area contributed by atoms with E-state index >= 15 is 0 Å². The molecule has 2 aromatic rings. The van der Waals surface area contributed by atoms with Crippen molar-refractivity contribution in [2.45, 2.75) is 97.5 Å². The Bertz CT molecular complexity index is 754. The maximum Gasteiger partial charge on any atom is 0.514 e. The Labute approximate surface area is 189 Å². The predicted octanol–water partition coefficient (Wildman–Crippen LogP) is 8.60. The van der Waals surface area contributed by atoms with E-state index in [1.54, 1.807) is 0 Å². The Balaban J connectivity index is 2.11. The van der Waals surface area contributed by atoms with Crippen LogP contribution in [0, 0.1) is 0 Å². The Hall–Kier alpha value is -2.29. The van der Waals surface area contributed by atoms with Gasteiger partial charge in [0.1, 0.15) is 11.9 Å². The number of unbranched alkanes of at least 4 members (excludes halogenated alkanes) is 5. The van der Waals surface area contributed by atoms with Crippen LogP contribution < -0.4 is 4.74 Å². The van der Waals surface area contributed by atoms with Gasteiger partial charge in [0, 0.05) is 0 Å². The fraction of sp³-hybridized carbons (Fsp3) is 0.536. The molecular formula is C28H40O3. The van der Waals surface area contributed by atoms with Crippen molar-refractivity contribution in [3.05, 3.63) is 65.2 Å². The van der Waals surface area contributed by atoms with E-state index in [9.17, 15) is 4.79 Å². The average molecular weight is 425 g/mol.